The summed E-state index contributed by atoms with van der Waals surface area (Å²) in [7, 11) is 4.31. The number of hydrogen-bond acceptors (Lipinski definition) is 3. The second-order valence-electron chi connectivity index (χ2n) is 3.67. The zero-order valence-electron chi connectivity index (χ0n) is 7.75. The molecule has 0 spiro atoms. The smallest absolute Gasteiger partial charge is 0.0369 e. The maximum atomic E-state index is 5.85. The minimum absolute atomic E-state index is 0.280. The molecule has 1 heterocycles. The fraction of sp³-hybridized carbons (Fsp3) is 1.00. The van der Waals surface area contributed by atoms with Crippen LogP contribution in [0, 0.1) is 0 Å². The van der Waals surface area contributed by atoms with Gasteiger partial charge in [-0.15, -0.1) is 0 Å². The lowest BCUT2D eigenvalue weighted by Gasteiger charge is -2.39. The highest BCUT2D eigenvalue weighted by atomic mass is 15.3. The first-order valence-electron chi connectivity index (χ1n) is 4.25. The average molecular weight is 157 g/mol. The quantitative estimate of drug-likeness (QED) is 0.561. The topological polar surface area (TPSA) is 32.5 Å². The van der Waals surface area contributed by atoms with Gasteiger partial charge in [-0.25, -0.2) is 0 Å². The number of hydrogen-bond donors (Lipinski definition) is 1. The number of nitrogens with zero attached hydrogens (tertiary/aromatic N) is 2. The number of likely N-dealkylation sites (N-methyl/N-ethyl adjacent to an activating group) is 2. The van der Waals surface area contributed by atoms with Crippen LogP contribution >= 0.6 is 0 Å². The molecule has 3 heteroatoms. The van der Waals surface area contributed by atoms with Crippen LogP contribution in [0.5, 0.6) is 0 Å². The zero-order valence-corrected chi connectivity index (χ0v) is 7.75. The molecule has 66 valence electrons. The maximum absolute atomic E-state index is 5.85. The summed E-state index contributed by atoms with van der Waals surface area (Å²) in [5, 5.41) is 0. The van der Waals surface area contributed by atoms with E-state index in [1.807, 2.05) is 0 Å². The molecule has 1 fully saturated rings. The van der Waals surface area contributed by atoms with Crippen molar-refractivity contribution in [3.05, 3.63) is 0 Å². The molecule has 0 saturated carbocycles. The summed E-state index contributed by atoms with van der Waals surface area (Å²) in [5.74, 6) is 0. The van der Waals surface area contributed by atoms with E-state index in [4.69, 9.17) is 5.73 Å². The van der Waals surface area contributed by atoms with Crippen molar-refractivity contribution in [2.45, 2.75) is 19.0 Å². The lowest BCUT2D eigenvalue weighted by atomic mass is 10.1. The van der Waals surface area contributed by atoms with Gasteiger partial charge in [-0.2, -0.15) is 0 Å². The van der Waals surface area contributed by atoms with E-state index in [-0.39, 0.29) is 6.04 Å². The molecule has 0 amide bonds. The van der Waals surface area contributed by atoms with E-state index in [1.165, 1.54) is 6.54 Å². The maximum Gasteiger partial charge on any atom is 0.0369 e. The normalized spacial score (nSPS) is 32.2. The standard InChI is InChI=1S/C8H19N3/c1-7(9)8-6-10(2)4-5-11(8)3/h7-8H,4-6,9H2,1-3H3/t7-,8+/m0/s1. The Balaban J connectivity index is 2.47. The van der Waals surface area contributed by atoms with Crippen LogP contribution in [0.1, 0.15) is 6.92 Å². The minimum atomic E-state index is 0.280. The zero-order chi connectivity index (χ0) is 8.43. The molecule has 1 aliphatic heterocycles. The van der Waals surface area contributed by atoms with Gasteiger partial charge < -0.3 is 10.6 Å². The first-order valence-corrected chi connectivity index (χ1v) is 4.25. The fourth-order valence-electron chi connectivity index (χ4n) is 1.61. The molecular formula is C8H19N3. The van der Waals surface area contributed by atoms with E-state index in [0.29, 0.717) is 6.04 Å². The Morgan fingerprint density at radius 2 is 2.00 bits per heavy atom. The predicted octanol–water partition coefficient (Wildman–Crippen LogP) is -0.421. The third-order valence-electron chi connectivity index (χ3n) is 2.51. The molecule has 1 aliphatic rings. The molecular weight excluding hydrogens is 138 g/mol. The molecule has 0 unspecified atom stereocenters. The summed E-state index contributed by atoms with van der Waals surface area (Å²) in [6.45, 7) is 5.50. The monoisotopic (exact) mass is 157 g/mol. The second-order valence-corrected chi connectivity index (χ2v) is 3.67. The minimum Gasteiger partial charge on any atom is -0.326 e. The molecule has 2 N–H and O–H groups in total. The van der Waals surface area contributed by atoms with Crippen LogP contribution in [0.25, 0.3) is 0 Å². The Hall–Kier alpha value is -0.120. The second kappa shape index (κ2) is 3.52. The van der Waals surface area contributed by atoms with Gasteiger partial charge in [0.25, 0.3) is 0 Å². The predicted molar refractivity (Wildman–Crippen MR) is 47.6 cm³/mol. The van der Waals surface area contributed by atoms with E-state index >= 15 is 0 Å². The van der Waals surface area contributed by atoms with Gasteiger partial charge in [0.1, 0.15) is 0 Å². The third kappa shape index (κ3) is 2.15. The van der Waals surface area contributed by atoms with Crippen LogP contribution in [-0.2, 0) is 0 Å². The van der Waals surface area contributed by atoms with Crippen molar-refractivity contribution >= 4 is 0 Å². The van der Waals surface area contributed by atoms with Crippen LogP contribution < -0.4 is 5.73 Å². The summed E-state index contributed by atoms with van der Waals surface area (Å²) in [6, 6.07) is 0.816. The van der Waals surface area contributed by atoms with E-state index in [0.717, 1.165) is 13.1 Å². The Bertz CT molecular complexity index is 125. The van der Waals surface area contributed by atoms with Crippen molar-refractivity contribution in [1.29, 1.82) is 0 Å². The third-order valence-corrected chi connectivity index (χ3v) is 2.51. The van der Waals surface area contributed by atoms with Gasteiger partial charge in [-0.3, -0.25) is 4.90 Å². The van der Waals surface area contributed by atoms with Crippen LogP contribution in [0.2, 0.25) is 0 Å². The molecule has 0 radical (unpaired) electrons. The van der Waals surface area contributed by atoms with Crippen molar-refractivity contribution in [3.8, 4) is 0 Å². The summed E-state index contributed by atoms with van der Waals surface area (Å²) in [4.78, 5) is 4.69. The molecule has 0 aliphatic carbocycles. The van der Waals surface area contributed by atoms with Crippen molar-refractivity contribution in [2.24, 2.45) is 5.73 Å². The molecule has 2 atom stereocenters. The van der Waals surface area contributed by atoms with E-state index in [2.05, 4.69) is 30.8 Å². The van der Waals surface area contributed by atoms with Crippen molar-refractivity contribution in [2.75, 3.05) is 33.7 Å². The fourth-order valence-corrected chi connectivity index (χ4v) is 1.61. The van der Waals surface area contributed by atoms with E-state index in [9.17, 15) is 0 Å². The lowest BCUT2D eigenvalue weighted by Crippen LogP contribution is -2.56. The van der Waals surface area contributed by atoms with Gasteiger partial charge in [-0.1, -0.05) is 0 Å². The van der Waals surface area contributed by atoms with Crippen molar-refractivity contribution < 1.29 is 0 Å². The molecule has 0 aromatic heterocycles. The van der Waals surface area contributed by atoms with Crippen LogP contribution in [0.3, 0.4) is 0 Å². The molecule has 3 nitrogen and oxygen atoms in total. The van der Waals surface area contributed by atoms with E-state index in [1.54, 1.807) is 0 Å². The van der Waals surface area contributed by atoms with Gasteiger partial charge in [0.05, 0.1) is 0 Å². The highest BCUT2D eigenvalue weighted by molar-refractivity contribution is 4.84. The molecule has 0 bridgehead atoms. The number of piperazine rings is 1. The van der Waals surface area contributed by atoms with Crippen LogP contribution in [0.15, 0.2) is 0 Å². The van der Waals surface area contributed by atoms with Gasteiger partial charge in [0.2, 0.25) is 0 Å². The number of rotatable bonds is 1. The first kappa shape index (κ1) is 8.97. The van der Waals surface area contributed by atoms with Gasteiger partial charge in [0, 0.05) is 31.7 Å². The largest absolute Gasteiger partial charge is 0.326 e. The first-order chi connectivity index (χ1) is 5.11. The van der Waals surface area contributed by atoms with E-state index < -0.39 is 0 Å². The molecule has 0 aromatic carbocycles. The Kier molecular flexibility index (Phi) is 2.87. The highest BCUT2D eigenvalue weighted by Crippen LogP contribution is 2.07. The highest BCUT2D eigenvalue weighted by Gasteiger charge is 2.24. The van der Waals surface area contributed by atoms with Crippen LogP contribution in [-0.4, -0.2) is 55.6 Å². The molecule has 0 aromatic rings. The Morgan fingerprint density at radius 3 is 2.45 bits per heavy atom. The summed E-state index contributed by atoms with van der Waals surface area (Å²) >= 11 is 0. The van der Waals surface area contributed by atoms with Gasteiger partial charge in [-0.05, 0) is 21.0 Å². The lowest BCUT2D eigenvalue weighted by molar-refractivity contribution is 0.101. The molecule has 1 saturated heterocycles. The van der Waals surface area contributed by atoms with Crippen molar-refractivity contribution in [3.63, 3.8) is 0 Å². The number of nitrogens with two attached hydrogens (primary N) is 1. The molecule has 1 rings (SSSR count). The summed E-state index contributed by atoms with van der Waals surface area (Å²) in [5.41, 5.74) is 5.85. The SMILES string of the molecule is C[C@H](N)[C@H]1CN(C)CCN1C. The van der Waals surface area contributed by atoms with Gasteiger partial charge in [0.15, 0.2) is 0 Å². The Labute approximate surface area is 69.1 Å². The van der Waals surface area contributed by atoms with Crippen LogP contribution in [0.4, 0.5) is 0 Å². The Morgan fingerprint density at radius 1 is 1.36 bits per heavy atom. The molecule has 11 heavy (non-hydrogen) atoms. The summed E-state index contributed by atoms with van der Waals surface area (Å²) in [6.07, 6.45) is 0. The van der Waals surface area contributed by atoms with Crippen molar-refractivity contribution in [1.82, 2.24) is 9.80 Å². The average Bonchev–Trinajstić information content (AvgIpc) is 1.94. The summed E-state index contributed by atoms with van der Waals surface area (Å²) < 4.78 is 0. The van der Waals surface area contributed by atoms with Gasteiger partial charge >= 0.3 is 0 Å².